The fourth-order valence-electron chi connectivity index (χ4n) is 7.61. The molecule has 0 heterocycles. The highest BCUT2D eigenvalue weighted by Gasteiger charge is 2.19. The molecule has 0 N–H and O–H groups in total. The summed E-state index contributed by atoms with van der Waals surface area (Å²) in [5.74, 6) is -0.959. The van der Waals surface area contributed by atoms with E-state index in [9.17, 15) is 14.4 Å². The molecule has 0 amide bonds. The third kappa shape index (κ3) is 54.9. The molecule has 0 rings (SSSR count). The maximum atomic E-state index is 12.9. The third-order valence-corrected chi connectivity index (χ3v) is 11.8. The zero-order valence-electron chi connectivity index (χ0n) is 44.8. The standard InChI is InChI=1S/C63H104O6/c1-4-7-10-13-16-19-22-25-27-29-31-33-35-38-41-44-47-50-53-56-62(65)68-59-60(58-67-61(64)55-52-49-46-43-40-37-24-21-18-15-12-9-6-3)69-63(66)57-54-51-48-45-42-39-36-34-32-30-28-26-23-20-17-14-11-8-5-2/h7,9-10,12,15-16,18-19,21,24-25,27,30-33,37,40,60H,4-6,8,11,13-14,17,20,22-23,26,28-29,34-36,38-39,41-59H2,1-3H3/b10-7+,12-9+,18-15+,19-16+,24-21+,27-25+,32-30+,33-31+,40-37+. The number of carbonyl (C=O) groups excluding carboxylic acids is 3. The van der Waals surface area contributed by atoms with Crippen LogP contribution in [0.25, 0.3) is 0 Å². The molecule has 1 unspecified atom stereocenters. The summed E-state index contributed by atoms with van der Waals surface area (Å²) in [5, 5.41) is 0. The lowest BCUT2D eigenvalue weighted by Gasteiger charge is -2.18. The molecule has 6 heteroatoms. The van der Waals surface area contributed by atoms with Crippen LogP contribution in [-0.2, 0) is 28.6 Å². The molecule has 392 valence electrons. The number of allylic oxidation sites excluding steroid dienone is 18. The molecule has 6 nitrogen and oxygen atoms in total. The smallest absolute Gasteiger partial charge is 0.306 e. The Hall–Kier alpha value is -3.93. The first-order valence-corrected chi connectivity index (χ1v) is 28.4. The first kappa shape index (κ1) is 65.1. The Kier molecular flexibility index (Phi) is 53.4. The van der Waals surface area contributed by atoms with Crippen LogP contribution in [0.2, 0.25) is 0 Å². The van der Waals surface area contributed by atoms with Crippen LogP contribution in [0, 0.1) is 0 Å². The Bertz CT molecular complexity index is 1420. The van der Waals surface area contributed by atoms with Gasteiger partial charge in [-0.15, -0.1) is 0 Å². The zero-order chi connectivity index (χ0) is 50.0. The molecule has 0 radical (unpaired) electrons. The molecule has 0 aliphatic carbocycles. The lowest BCUT2D eigenvalue weighted by molar-refractivity contribution is -0.167. The molecule has 0 aliphatic heterocycles. The quantitative estimate of drug-likeness (QED) is 0.0199. The normalized spacial score (nSPS) is 12.9. The Labute approximate surface area is 425 Å². The van der Waals surface area contributed by atoms with Crippen LogP contribution < -0.4 is 0 Å². The number of rotatable bonds is 50. The summed E-state index contributed by atoms with van der Waals surface area (Å²) < 4.78 is 16.8. The van der Waals surface area contributed by atoms with E-state index in [0.29, 0.717) is 19.3 Å². The van der Waals surface area contributed by atoms with Gasteiger partial charge in [-0.25, -0.2) is 0 Å². The van der Waals surface area contributed by atoms with Crippen molar-refractivity contribution in [3.8, 4) is 0 Å². The second-order valence-corrected chi connectivity index (χ2v) is 18.5. The van der Waals surface area contributed by atoms with Crippen molar-refractivity contribution < 1.29 is 28.6 Å². The number of esters is 3. The monoisotopic (exact) mass is 957 g/mol. The molecule has 0 aromatic rings. The van der Waals surface area contributed by atoms with Gasteiger partial charge in [-0.1, -0.05) is 239 Å². The molecule has 1 atom stereocenters. The summed E-state index contributed by atoms with van der Waals surface area (Å²) in [6, 6.07) is 0. The van der Waals surface area contributed by atoms with E-state index in [1.807, 2.05) is 36.5 Å². The third-order valence-electron chi connectivity index (χ3n) is 11.8. The SMILES string of the molecule is CC/C=C/C=C/C=C/C=C/CCCCCC(=O)OCC(COC(=O)CCCCCCCC/C=C/C/C=C/C/C=C/C/C=C/CC)OC(=O)CCCCCCCCC/C=C/CCCCCCCCCC. The van der Waals surface area contributed by atoms with Crippen molar-refractivity contribution in [3.63, 3.8) is 0 Å². The van der Waals surface area contributed by atoms with Gasteiger partial charge in [-0.3, -0.25) is 14.4 Å². The molecule has 0 aliphatic rings. The highest BCUT2D eigenvalue weighted by molar-refractivity contribution is 5.71. The summed E-state index contributed by atoms with van der Waals surface area (Å²) >= 11 is 0. The van der Waals surface area contributed by atoms with Crippen LogP contribution in [0.1, 0.15) is 252 Å². The van der Waals surface area contributed by atoms with Gasteiger partial charge in [0.25, 0.3) is 0 Å². The minimum absolute atomic E-state index is 0.102. The van der Waals surface area contributed by atoms with E-state index in [1.165, 1.54) is 103 Å². The van der Waals surface area contributed by atoms with E-state index >= 15 is 0 Å². The summed E-state index contributed by atoms with van der Waals surface area (Å²) in [4.78, 5) is 38.1. The number of hydrogen-bond donors (Lipinski definition) is 0. The van der Waals surface area contributed by atoms with Crippen molar-refractivity contribution in [2.75, 3.05) is 13.2 Å². The predicted octanol–water partition coefficient (Wildman–Crippen LogP) is 19.1. The molecule has 0 aromatic heterocycles. The number of carbonyl (C=O) groups is 3. The number of unbranched alkanes of at least 4 members (excludes halogenated alkanes) is 24. The van der Waals surface area contributed by atoms with Gasteiger partial charge in [0, 0.05) is 19.3 Å². The first-order chi connectivity index (χ1) is 34.0. The Morgan fingerprint density at radius 1 is 0.319 bits per heavy atom. The van der Waals surface area contributed by atoms with Crippen molar-refractivity contribution in [3.05, 3.63) is 109 Å². The van der Waals surface area contributed by atoms with Gasteiger partial charge in [0.05, 0.1) is 0 Å². The van der Waals surface area contributed by atoms with E-state index in [1.54, 1.807) is 0 Å². The molecule has 0 fully saturated rings. The largest absolute Gasteiger partial charge is 0.462 e. The molecule has 0 saturated carbocycles. The number of ether oxygens (including phenoxy) is 3. The van der Waals surface area contributed by atoms with Crippen molar-refractivity contribution in [2.45, 2.75) is 258 Å². The molecular weight excluding hydrogens is 853 g/mol. The van der Waals surface area contributed by atoms with E-state index < -0.39 is 6.10 Å². The average molecular weight is 958 g/mol. The zero-order valence-corrected chi connectivity index (χ0v) is 44.8. The van der Waals surface area contributed by atoms with Crippen LogP contribution in [0.5, 0.6) is 0 Å². The van der Waals surface area contributed by atoms with Gasteiger partial charge >= 0.3 is 17.9 Å². The molecular formula is C63H104O6. The maximum Gasteiger partial charge on any atom is 0.306 e. The molecule has 0 saturated heterocycles. The van der Waals surface area contributed by atoms with Gasteiger partial charge in [0.15, 0.2) is 6.10 Å². The summed E-state index contributed by atoms with van der Waals surface area (Å²) in [7, 11) is 0. The molecule has 0 bridgehead atoms. The van der Waals surface area contributed by atoms with E-state index in [4.69, 9.17) is 14.2 Å². The second kappa shape index (κ2) is 56.7. The summed E-state index contributed by atoms with van der Waals surface area (Å²) in [6.45, 7) is 6.34. The highest BCUT2D eigenvalue weighted by atomic mass is 16.6. The van der Waals surface area contributed by atoms with Gasteiger partial charge in [0.1, 0.15) is 13.2 Å². The summed E-state index contributed by atoms with van der Waals surface area (Å²) in [5.41, 5.74) is 0. The van der Waals surface area contributed by atoms with E-state index in [-0.39, 0.29) is 31.1 Å². The molecule has 69 heavy (non-hydrogen) atoms. The van der Waals surface area contributed by atoms with E-state index in [0.717, 1.165) is 109 Å². The van der Waals surface area contributed by atoms with Crippen molar-refractivity contribution in [2.24, 2.45) is 0 Å². The van der Waals surface area contributed by atoms with Crippen LogP contribution >= 0.6 is 0 Å². The van der Waals surface area contributed by atoms with Gasteiger partial charge in [0.2, 0.25) is 0 Å². The van der Waals surface area contributed by atoms with Gasteiger partial charge in [-0.05, 0) is 103 Å². The molecule has 0 aromatic carbocycles. The van der Waals surface area contributed by atoms with Crippen LogP contribution in [0.4, 0.5) is 0 Å². The van der Waals surface area contributed by atoms with Crippen molar-refractivity contribution in [1.82, 2.24) is 0 Å². The van der Waals surface area contributed by atoms with Crippen LogP contribution in [-0.4, -0.2) is 37.2 Å². The number of hydrogen-bond acceptors (Lipinski definition) is 6. The van der Waals surface area contributed by atoms with E-state index in [2.05, 4.69) is 93.7 Å². The maximum absolute atomic E-state index is 12.9. The first-order valence-electron chi connectivity index (χ1n) is 28.4. The minimum atomic E-state index is -0.805. The summed E-state index contributed by atoms with van der Waals surface area (Å²) in [6.07, 6.45) is 76.5. The molecule has 0 spiro atoms. The fourth-order valence-corrected chi connectivity index (χ4v) is 7.61. The van der Waals surface area contributed by atoms with Gasteiger partial charge < -0.3 is 14.2 Å². The van der Waals surface area contributed by atoms with Crippen LogP contribution in [0.15, 0.2) is 109 Å². The Morgan fingerprint density at radius 3 is 1.09 bits per heavy atom. The lowest BCUT2D eigenvalue weighted by Crippen LogP contribution is -2.30. The second-order valence-electron chi connectivity index (χ2n) is 18.5. The Balaban J connectivity index is 4.45. The van der Waals surface area contributed by atoms with Gasteiger partial charge in [-0.2, -0.15) is 0 Å². The minimum Gasteiger partial charge on any atom is -0.462 e. The predicted molar refractivity (Wildman–Crippen MR) is 297 cm³/mol. The topological polar surface area (TPSA) is 78.9 Å². The average Bonchev–Trinajstić information content (AvgIpc) is 3.35. The highest BCUT2D eigenvalue weighted by Crippen LogP contribution is 2.14. The van der Waals surface area contributed by atoms with Crippen LogP contribution in [0.3, 0.4) is 0 Å². The van der Waals surface area contributed by atoms with Crippen molar-refractivity contribution >= 4 is 17.9 Å². The Morgan fingerprint density at radius 2 is 0.638 bits per heavy atom. The van der Waals surface area contributed by atoms with Crippen molar-refractivity contribution in [1.29, 1.82) is 0 Å². The fraction of sp³-hybridized carbons (Fsp3) is 0.667. The lowest BCUT2D eigenvalue weighted by atomic mass is 10.1.